The SMILES string of the molecule is C=CCN(CC=C)[C@H]1CC(C(=O)OCC)=C[C@@H](OC(CC)CC)[C@@H]1NCCCC. The number of carbonyl (C=O) groups is 1. The smallest absolute Gasteiger partial charge is 0.333 e. The van der Waals surface area contributed by atoms with Gasteiger partial charge in [-0.05, 0) is 45.2 Å². The maximum absolute atomic E-state index is 12.6. The summed E-state index contributed by atoms with van der Waals surface area (Å²) in [6.45, 7) is 18.9. The Morgan fingerprint density at radius 2 is 1.90 bits per heavy atom. The van der Waals surface area contributed by atoms with Crippen LogP contribution in [-0.2, 0) is 14.3 Å². The van der Waals surface area contributed by atoms with Gasteiger partial charge in [0.05, 0.1) is 24.9 Å². The molecule has 0 saturated heterocycles. The van der Waals surface area contributed by atoms with Crippen LogP contribution >= 0.6 is 0 Å². The number of carbonyl (C=O) groups excluding carboxylic acids is 1. The summed E-state index contributed by atoms with van der Waals surface area (Å²) in [5.74, 6) is -0.236. The zero-order valence-corrected chi connectivity index (χ0v) is 19.0. The van der Waals surface area contributed by atoms with Crippen molar-refractivity contribution in [2.45, 2.75) is 84.1 Å². The standard InChI is InChI=1S/C24H42N2O3/c1-7-13-14-25-23-21(26(15-8-2)16-9-3)17-19(24(27)28-12-6)18-22(23)29-20(10-4)11-5/h8-9,18,20-23,25H,2-3,7,10-17H2,1,4-6H3/t21-,22+,23+/m0/s1. The van der Waals surface area contributed by atoms with E-state index in [1.54, 1.807) is 0 Å². The minimum absolute atomic E-state index is 0.0974. The van der Waals surface area contributed by atoms with E-state index >= 15 is 0 Å². The van der Waals surface area contributed by atoms with Crippen LogP contribution in [0.5, 0.6) is 0 Å². The molecule has 0 aromatic rings. The lowest BCUT2D eigenvalue weighted by Crippen LogP contribution is -2.59. The molecule has 0 fully saturated rings. The van der Waals surface area contributed by atoms with Gasteiger partial charge in [-0.1, -0.05) is 39.3 Å². The summed E-state index contributed by atoms with van der Waals surface area (Å²) in [6.07, 6.45) is 10.6. The number of nitrogens with zero attached hydrogens (tertiary/aromatic N) is 1. The first-order chi connectivity index (χ1) is 14.1. The lowest BCUT2D eigenvalue weighted by atomic mass is 9.86. The van der Waals surface area contributed by atoms with Gasteiger partial charge in [0.1, 0.15) is 0 Å². The van der Waals surface area contributed by atoms with E-state index in [4.69, 9.17) is 9.47 Å². The lowest BCUT2D eigenvalue weighted by molar-refractivity contribution is -0.139. The van der Waals surface area contributed by atoms with Gasteiger partial charge in [-0.2, -0.15) is 0 Å². The van der Waals surface area contributed by atoms with E-state index in [-0.39, 0.29) is 30.3 Å². The molecule has 0 aromatic carbocycles. The van der Waals surface area contributed by atoms with Crippen LogP contribution in [0.25, 0.3) is 0 Å². The first kappa shape index (κ1) is 25.6. The lowest BCUT2D eigenvalue weighted by Gasteiger charge is -2.43. The number of hydrogen-bond donors (Lipinski definition) is 1. The van der Waals surface area contributed by atoms with E-state index in [0.717, 1.165) is 45.3 Å². The van der Waals surface area contributed by atoms with Gasteiger partial charge in [0.2, 0.25) is 0 Å². The summed E-state index contributed by atoms with van der Waals surface area (Å²) in [7, 11) is 0. The molecule has 0 spiro atoms. The van der Waals surface area contributed by atoms with Gasteiger partial charge in [-0.3, -0.25) is 4.90 Å². The molecule has 0 aliphatic heterocycles. The van der Waals surface area contributed by atoms with Crippen molar-refractivity contribution in [2.75, 3.05) is 26.2 Å². The van der Waals surface area contributed by atoms with Gasteiger partial charge in [-0.15, -0.1) is 13.2 Å². The maximum Gasteiger partial charge on any atom is 0.333 e. The van der Waals surface area contributed by atoms with Crippen LogP contribution in [0.2, 0.25) is 0 Å². The molecule has 0 saturated carbocycles. The molecule has 0 unspecified atom stereocenters. The molecular formula is C24H42N2O3. The quantitative estimate of drug-likeness (QED) is 0.250. The Labute approximate surface area is 178 Å². The summed E-state index contributed by atoms with van der Waals surface area (Å²) < 4.78 is 11.8. The number of nitrogens with one attached hydrogen (secondary N) is 1. The normalized spacial score (nSPS) is 21.9. The van der Waals surface area contributed by atoms with Gasteiger partial charge < -0.3 is 14.8 Å². The Morgan fingerprint density at radius 3 is 2.41 bits per heavy atom. The monoisotopic (exact) mass is 406 g/mol. The highest BCUT2D eigenvalue weighted by molar-refractivity contribution is 5.89. The largest absolute Gasteiger partial charge is 0.463 e. The number of unbranched alkanes of at least 4 members (excludes halogenated alkanes) is 1. The van der Waals surface area contributed by atoms with Crippen LogP contribution in [-0.4, -0.2) is 61.4 Å². The molecule has 0 radical (unpaired) electrons. The molecule has 0 heterocycles. The average Bonchev–Trinajstić information content (AvgIpc) is 2.72. The van der Waals surface area contributed by atoms with Crippen molar-refractivity contribution in [1.29, 1.82) is 0 Å². The molecule has 1 N–H and O–H groups in total. The van der Waals surface area contributed by atoms with Crippen LogP contribution in [0.3, 0.4) is 0 Å². The Bertz CT molecular complexity index is 518. The maximum atomic E-state index is 12.6. The highest BCUT2D eigenvalue weighted by atomic mass is 16.5. The number of ether oxygens (including phenoxy) is 2. The molecular weight excluding hydrogens is 364 g/mol. The fourth-order valence-corrected chi connectivity index (χ4v) is 3.87. The first-order valence-electron chi connectivity index (χ1n) is 11.3. The molecule has 0 bridgehead atoms. The van der Waals surface area contributed by atoms with Crippen LogP contribution < -0.4 is 5.32 Å². The van der Waals surface area contributed by atoms with Crippen LogP contribution in [0, 0.1) is 0 Å². The third-order valence-corrected chi connectivity index (χ3v) is 5.47. The third-order valence-electron chi connectivity index (χ3n) is 5.47. The van der Waals surface area contributed by atoms with E-state index in [2.05, 4.69) is 44.1 Å². The zero-order chi connectivity index (χ0) is 21.6. The highest BCUT2D eigenvalue weighted by Gasteiger charge is 2.39. The second-order valence-electron chi connectivity index (χ2n) is 7.59. The third kappa shape index (κ3) is 8.07. The molecule has 0 aromatic heterocycles. The summed E-state index contributed by atoms with van der Waals surface area (Å²) in [5, 5.41) is 3.73. The van der Waals surface area contributed by atoms with Crippen LogP contribution in [0.4, 0.5) is 0 Å². The van der Waals surface area contributed by atoms with E-state index in [1.165, 1.54) is 0 Å². The van der Waals surface area contributed by atoms with Crippen molar-refractivity contribution >= 4 is 5.97 Å². The molecule has 1 rings (SSSR count). The van der Waals surface area contributed by atoms with Crippen molar-refractivity contribution in [1.82, 2.24) is 10.2 Å². The fourth-order valence-electron chi connectivity index (χ4n) is 3.87. The van der Waals surface area contributed by atoms with Crippen LogP contribution in [0.15, 0.2) is 37.0 Å². The predicted octanol–water partition coefficient (Wildman–Crippen LogP) is 4.25. The van der Waals surface area contributed by atoms with E-state index in [0.29, 0.717) is 18.6 Å². The molecule has 5 nitrogen and oxygen atoms in total. The molecule has 0 amide bonds. The Balaban J connectivity index is 3.27. The predicted molar refractivity (Wildman–Crippen MR) is 121 cm³/mol. The van der Waals surface area contributed by atoms with Crippen molar-refractivity contribution in [3.8, 4) is 0 Å². The van der Waals surface area contributed by atoms with E-state index < -0.39 is 0 Å². The van der Waals surface area contributed by atoms with Gasteiger partial charge in [-0.25, -0.2) is 4.79 Å². The summed E-state index contributed by atoms with van der Waals surface area (Å²) in [5.41, 5.74) is 0.708. The molecule has 166 valence electrons. The van der Waals surface area contributed by atoms with Crippen molar-refractivity contribution < 1.29 is 14.3 Å². The second kappa shape index (κ2) is 14.5. The number of hydrogen-bond acceptors (Lipinski definition) is 5. The van der Waals surface area contributed by atoms with Gasteiger partial charge >= 0.3 is 5.97 Å². The van der Waals surface area contributed by atoms with Gasteiger partial charge in [0.15, 0.2) is 0 Å². The van der Waals surface area contributed by atoms with Gasteiger partial charge in [0.25, 0.3) is 0 Å². The van der Waals surface area contributed by atoms with E-state index in [9.17, 15) is 4.79 Å². The molecule has 5 heteroatoms. The van der Waals surface area contributed by atoms with Crippen molar-refractivity contribution in [3.05, 3.63) is 37.0 Å². The molecule has 1 aliphatic rings. The van der Waals surface area contributed by atoms with E-state index in [1.807, 2.05) is 25.2 Å². The fraction of sp³-hybridized carbons (Fsp3) is 0.708. The molecule has 29 heavy (non-hydrogen) atoms. The highest BCUT2D eigenvalue weighted by Crippen LogP contribution is 2.28. The summed E-state index contributed by atoms with van der Waals surface area (Å²) in [6, 6.07) is 0.201. The zero-order valence-electron chi connectivity index (χ0n) is 19.0. The average molecular weight is 407 g/mol. The van der Waals surface area contributed by atoms with Crippen LogP contribution in [0.1, 0.15) is 59.8 Å². The second-order valence-corrected chi connectivity index (χ2v) is 7.59. The summed E-state index contributed by atoms with van der Waals surface area (Å²) >= 11 is 0. The van der Waals surface area contributed by atoms with Crippen molar-refractivity contribution in [3.63, 3.8) is 0 Å². The summed E-state index contributed by atoms with van der Waals surface area (Å²) in [4.78, 5) is 14.9. The van der Waals surface area contributed by atoms with Crippen molar-refractivity contribution in [2.24, 2.45) is 0 Å². The van der Waals surface area contributed by atoms with Gasteiger partial charge in [0, 0.05) is 24.7 Å². The Kier molecular flexibility index (Phi) is 12.8. The Morgan fingerprint density at radius 1 is 1.24 bits per heavy atom. The molecule has 3 atom stereocenters. The Hall–Kier alpha value is -1.43. The minimum Gasteiger partial charge on any atom is -0.463 e. The number of esters is 1. The molecule has 1 aliphatic carbocycles. The number of rotatable bonds is 15. The minimum atomic E-state index is -0.236. The topological polar surface area (TPSA) is 50.8 Å². The first-order valence-corrected chi connectivity index (χ1v) is 11.3.